The van der Waals surface area contributed by atoms with Gasteiger partial charge < -0.3 is 5.32 Å². The van der Waals surface area contributed by atoms with Crippen LogP contribution < -0.4 is 10.9 Å². The highest BCUT2D eigenvalue weighted by Crippen LogP contribution is 2.27. The Balaban J connectivity index is 1.91. The predicted octanol–water partition coefficient (Wildman–Crippen LogP) is 4.03. The molecule has 1 aromatic carbocycles. The molecule has 2 heterocycles. The quantitative estimate of drug-likeness (QED) is 0.518. The molecule has 0 saturated heterocycles. The molecule has 0 radical (unpaired) electrons. The van der Waals surface area contributed by atoms with Gasteiger partial charge in [0.15, 0.2) is 5.16 Å². The number of amides is 1. The van der Waals surface area contributed by atoms with Crippen LogP contribution in [0.2, 0.25) is 0 Å². The van der Waals surface area contributed by atoms with E-state index in [1.165, 1.54) is 23.1 Å². The molecule has 0 fully saturated rings. The van der Waals surface area contributed by atoms with Crippen LogP contribution in [0.5, 0.6) is 0 Å². The minimum Gasteiger partial charge on any atom is -0.316 e. The van der Waals surface area contributed by atoms with Crippen LogP contribution in [0.4, 0.5) is 5.00 Å². The van der Waals surface area contributed by atoms with E-state index in [2.05, 4.69) is 16.4 Å². The highest BCUT2D eigenvalue weighted by molar-refractivity contribution is 8.00. The SMILES string of the molecule is CC(C)n1c(S[C@H](C)C(=O)Nc2sccc2C#N)nc2ccccc2c1=O. The van der Waals surface area contributed by atoms with Gasteiger partial charge in [0.2, 0.25) is 5.91 Å². The van der Waals surface area contributed by atoms with Crippen molar-refractivity contribution in [2.24, 2.45) is 0 Å². The maximum atomic E-state index is 12.9. The Bertz CT molecular complexity index is 1100. The highest BCUT2D eigenvalue weighted by Gasteiger charge is 2.21. The second-order valence-electron chi connectivity index (χ2n) is 6.20. The first-order valence-corrected chi connectivity index (χ1v) is 10.1. The van der Waals surface area contributed by atoms with E-state index in [9.17, 15) is 9.59 Å². The van der Waals surface area contributed by atoms with Gasteiger partial charge in [0.25, 0.3) is 5.56 Å². The molecule has 3 rings (SSSR count). The number of rotatable bonds is 5. The molecular formula is C19H18N4O2S2. The Kier molecular flexibility index (Phi) is 5.63. The lowest BCUT2D eigenvalue weighted by Gasteiger charge is -2.18. The Morgan fingerprint density at radius 1 is 1.30 bits per heavy atom. The summed E-state index contributed by atoms with van der Waals surface area (Å²) in [4.78, 5) is 30.0. The van der Waals surface area contributed by atoms with Crippen molar-refractivity contribution < 1.29 is 4.79 Å². The van der Waals surface area contributed by atoms with Crippen LogP contribution in [-0.2, 0) is 4.79 Å². The first kappa shape index (κ1) is 19.1. The molecule has 0 aliphatic heterocycles. The molecule has 2 aromatic heterocycles. The van der Waals surface area contributed by atoms with Crippen molar-refractivity contribution >= 4 is 44.9 Å². The van der Waals surface area contributed by atoms with Gasteiger partial charge in [-0.05, 0) is 44.4 Å². The number of thioether (sulfide) groups is 1. The zero-order chi connectivity index (χ0) is 19.6. The molecule has 0 spiro atoms. The van der Waals surface area contributed by atoms with Gasteiger partial charge in [-0.3, -0.25) is 14.2 Å². The molecule has 0 aliphatic rings. The molecule has 1 amide bonds. The molecule has 3 aromatic rings. The van der Waals surface area contributed by atoms with Gasteiger partial charge >= 0.3 is 0 Å². The number of thiophene rings is 1. The molecule has 0 unspecified atom stereocenters. The molecule has 1 N–H and O–H groups in total. The van der Waals surface area contributed by atoms with Crippen LogP contribution in [-0.4, -0.2) is 20.7 Å². The fraction of sp³-hybridized carbons (Fsp3) is 0.263. The van der Waals surface area contributed by atoms with E-state index in [1.54, 1.807) is 35.1 Å². The largest absolute Gasteiger partial charge is 0.316 e. The summed E-state index contributed by atoms with van der Waals surface area (Å²) in [5.74, 6) is -0.239. The summed E-state index contributed by atoms with van der Waals surface area (Å²) in [5.41, 5.74) is 0.934. The number of anilines is 1. The molecule has 6 nitrogen and oxygen atoms in total. The summed E-state index contributed by atoms with van der Waals surface area (Å²) in [6, 6.07) is 10.8. The van der Waals surface area contributed by atoms with E-state index in [-0.39, 0.29) is 17.5 Å². The van der Waals surface area contributed by atoms with Crippen molar-refractivity contribution in [2.75, 3.05) is 5.32 Å². The zero-order valence-corrected chi connectivity index (χ0v) is 16.7. The van der Waals surface area contributed by atoms with Crippen molar-refractivity contribution in [1.29, 1.82) is 5.26 Å². The van der Waals surface area contributed by atoms with E-state index in [0.717, 1.165) is 0 Å². The number of hydrogen-bond donors (Lipinski definition) is 1. The minimum absolute atomic E-state index is 0.0881. The zero-order valence-electron chi connectivity index (χ0n) is 15.1. The average molecular weight is 399 g/mol. The van der Waals surface area contributed by atoms with Crippen molar-refractivity contribution in [3.05, 3.63) is 51.6 Å². The first-order chi connectivity index (χ1) is 12.9. The average Bonchev–Trinajstić information content (AvgIpc) is 3.08. The molecular weight excluding hydrogens is 380 g/mol. The maximum absolute atomic E-state index is 12.9. The lowest BCUT2D eigenvalue weighted by molar-refractivity contribution is -0.115. The number of para-hydroxylation sites is 1. The number of nitrogens with one attached hydrogen (secondary N) is 1. The molecule has 27 heavy (non-hydrogen) atoms. The van der Waals surface area contributed by atoms with Gasteiger partial charge in [0.1, 0.15) is 11.1 Å². The molecule has 0 saturated carbocycles. The third-order valence-corrected chi connectivity index (χ3v) is 5.86. The lowest BCUT2D eigenvalue weighted by atomic mass is 10.2. The fourth-order valence-corrected chi connectivity index (χ4v) is 4.36. The summed E-state index contributed by atoms with van der Waals surface area (Å²) >= 11 is 2.54. The summed E-state index contributed by atoms with van der Waals surface area (Å²) in [5, 5.41) is 14.7. The predicted molar refractivity (Wildman–Crippen MR) is 109 cm³/mol. The Morgan fingerprint density at radius 2 is 2.04 bits per heavy atom. The Labute approximate surface area is 164 Å². The topological polar surface area (TPSA) is 87.8 Å². The van der Waals surface area contributed by atoms with Gasteiger partial charge in [0, 0.05) is 6.04 Å². The van der Waals surface area contributed by atoms with Crippen LogP contribution in [0.15, 0.2) is 45.7 Å². The number of benzene rings is 1. The molecule has 8 heteroatoms. The third kappa shape index (κ3) is 3.89. The fourth-order valence-electron chi connectivity index (χ4n) is 2.58. The summed E-state index contributed by atoms with van der Waals surface area (Å²) in [6.07, 6.45) is 0. The second kappa shape index (κ2) is 7.94. The van der Waals surface area contributed by atoms with Gasteiger partial charge in [-0.2, -0.15) is 5.26 Å². The van der Waals surface area contributed by atoms with E-state index in [1.807, 2.05) is 26.0 Å². The van der Waals surface area contributed by atoms with Crippen LogP contribution in [0, 0.1) is 11.3 Å². The molecule has 0 aliphatic carbocycles. The summed E-state index contributed by atoms with van der Waals surface area (Å²) in [7, 11) is 0. The smallest absolute Gasteiger partial charge is 0.262 e. The molecule has 1 atom stereocenters. The van der Waals surface area contributed by atoms with Crippen molar-refractivity contribution in [1.82, 2.24) is 9.55 Å². The van der Waals surface area contributed by atoms with Crippen molar-refractivity contribution in [3.63, 3.8) is 0 Å². The number of nitriles is 1. The van der Waals surface area contributed by atoms with Crippen molar-refractivity contribution in [3.8, 4) is 6.07 Å². The first-order valence-electron chi connectivity index (χ1n) is 8.38. The standard InChI is InChI=1S/C19H18N4O2S2/c1-11(2)23-18(25)14-6-4-5-7-15(14)21-19(23)27-12(3)16(24)22-17-13(10-20)8-9-26-17/h4-9,11-12H,1-3H3,(H,22,24)/t12-/m1/s1. The third-order valence-electron chi connectivity index (χ3n) is 3.97. The van der Waals surface area contributed by atoms with Gasteiger partial charge in [-0.15, -0.1) is 11.3 Å². The molecule has 0 bridgehead atoms. The number of fused-ring (bicyclic) bond motifs is 1. The second-order valence-corrected chi connectivity index (χ2v) is 8.43. The van der Waals surface area contributed by atoms with E-state index >= 15 is 0 Å². The van der Waals surface area contributed by atoms with Crippen molar-refractivity contribution in [2.45, 2.75) is 37.2 Å². The Morgan fingerprint density at radius 3 is 2.74 bits per heavy atom. The highest BCUT2D eigenvalue weighted by atomic mass is 32.2. The summed E-state index contributed by atoms with van der Waals surface area (Å²) in [6.45, 7) is 5.58. The lowest BCUT2D eigenvalue weighted by Crippen LogP contribution is -2.28. The van der Waals surface area contributed by atoms with E-state index in [4.69, 9.17) is 5.26 Å². The summed E-state index contributed by atoms with van der Waals surface area (Å²) < 4.78 is 1.61. The van der Waals surface area contributed by atoms with Crippen LogP contribution in [0.1, 0.15) is 32.4 Å². The van der Waals surface area contributed by atoms with Crippen LogP contribution >= 0.6 is 23.1 Å². The van der Waals surface area contributed by atoms with E-state index < -0.39 is 5.25 Å². The number of carbonyl (C=O) groups excluding carboxylic acids is 1. The van der Waals surface area contributed by atoms with Crippen LogP contribution in [0.3, 0.4) is 0 Å². The normalized spacial score (nSPS) is 12.1. The van der Waals surface area contributed by atoms with Crippen LogP contribution in [0.25, 0.3) is 10.9 Å². The molecule has 138 valence electrons. The number of aromatic nitrogens is 2. The number of nitrogens with zero attached hydrogens (tertiary/aromatic N) is 3. The maximum Gasteiger partial charge on any atom is 0.262 e. The Hall–Kier alpha value is -2.63. The monoisotopic (exact) mass is 398 g/mol. The minimum atomic E-state index is -0.489. The van der Waals surface area contributed by atoms with E-state index in [0.29, 0.717) is 26.6 Å². The number of hydrogen-bond acceptors (Lipinski definition) is 6. The van der Waals surface area contributed by atoms with Gasteiger partial charge in [0.05, 0.1) is 21.7 Å². The van der Waals surface area contributed by atoms with Gasteiger partial charge in [-0.25, -0.2) is 4.98 Å². The number of carbonyl (C=O) groups is 1. The van der Waals surface area contributed by atoms with Gasteiger partial charge in [-0.1, -0.05) is 23.9 Å².